The number of hydrogen-bond donors (Lipinski definition) is 0. The summed E-state index contributed by atoms with van der Waals surface area (Å²) in [5.41, 5.74) is 2.08. The number of benzene rings is 1. The van der Waals surface area contributed by atoms with E-state index in [2.05, 4.69) is 15.9 Å². The van der Waals surface area contributed by atoms with Crippen LogP contribution in [0.5, 0.6) is 0 Å². The third kappa shape index (κ3) is 2.70. The number of rotatable bonds is 2. The first-order valence-electron chi connectivity index (χ1n) is 5.15. The molecule has 17 heavy (non-hydrogen) atoms. The van der Waals surface area contributed by atoms with E-state index in [-0.39, 0.29) is 4.83 Å². The molecule has 0 aliphatic rings. The monoisotopic (exact) mass is 332 g/mol. The first-order valence-corrected chi connectivity index (χ1v) is 6.82. The lowest BCUT2D eigenvalue weighted by Crippen LogP contribution is -1.94. The summed E-state index contributed by atoms with van der Waals surface area (Å²) in [5.74, 6) is 1.79. The molecule has 1 unspecified atom stereocenters. The van der Waals surface area contributed by atoms with Gasteiger partial charge in [0.15, 0.2) is 0 Å². The van der Waals surface area contributed by atoms with Gasteiger partial charge in [0.2, 0.25) is 0 Å². The van der Waals surface area contributed by atoms with E-state index in [1.807, 2.05) is 32.0 Å². The molecule has 1 atom stereocenters. The van der Waals surface area contributed by atoms with Crippen molar-refractivity contribution in [1.29, 1.82) is 0 Å². The van der Waals surface area contributed by atoms with Gasteiger partial charge in [0.25, 0.3) is 0 Å². The zero-order valence-electron chi connectivity index (χ0n) is 9.43. The van der Waals surface area contributed by atoms with Crippen LogP contribution in [0.2, 0.25) is 10.0 Å². The molecule has 0 amide bonds. The van der Waals surface area contributed by atoms with Gasteiger partial charge in [-0.05, 0) is 37.6 Å². The normalized spacial score (nSPS) is 12.8. The highest BCUT2D eigenvalue weighted by molar-refractivity contribution is 9.09. The lowest BCUT2D eigenvalue weighted by molar-refractivity contribution is 0.502. The number of aryl methyl sites for hydroxylation is 2. The maximum absolute atomic E-state index is 6.19. The van der Waals surface area contributed by atoms with E-state index in [0.29, 0.717) is 10.0 Å². The van der Waals surface area contributed by atoms with Gasteiger partial charge >= 0.3 is 0 Å². The van der Waals surface area contributed by atoms with Gasteiger partial charge in [-0.25, -0.2) is 0 Å². The maximum atomic E-state index is 6.19. The van der Waals surface area contributed by atoms with Gasteiger partial charge in [0.1, 0.15) is 11.5 Å². The highest BCUT2D eigenvalue weighted by atomic mass is 79.9. The minimum Gasteiger partial charge on any atom is -0.466 e. The van der Waals surface area contributed by atoms with Crippen LogP contribution >= 0.6 is 39.1 Å². The van der Waals surface area contributed by atoms with E-state index in [0.717, 1.165) is 22.6 Å². The fourth-order valence-corrected chi connectivity index (χ4v) is 3.28. The van der Waals surface area contributed by atoms with Crippen LogP contribution in [0.1, 0.15) is 27.5 Å². The summed E-state index contributed by atoms with van der Waals surface area (Å²) in [4.78, 5) is 0.0183. The van der Waals surface area contributed by atoms with Crippen LogP contribution in [0.3, 0.4) is 0 Å². The molecule has 0 radical (unpaired) electrons. The van der Waals surface area contributed by atoms with E-state index in [1.165, 1.54) is 0 Å². The molecule has 4 heteroatoms. The zero-order valence-corrected chi connectivity index (χ0v) is 12.5. The van der Waals surface area contributed by atoms with Gasteiger partial charge in [-0.1, -0.05) is 45.2 Å². The van der Waals surface area contributed by atoms with Crippen molar-refractivity contribution in [1.82, 2.24) is 0 Å². The van der Waals surface area contributed by atoms with Crippen molar-refractivity contribution in [2.24, 2.45) is 0 Å². The maximum Gasteiger partial charge on any atom is 0.105 e. The molecule has 0 saturated carbocycles. The van der Waals surface area contributed by atoms with Crippen molar-refractivity contribution in [2.75, 3.05) is 0 Å². The Morgan fingerprint density at radius 1 is 1.12 bits per heavy atom. The Balaban J connectivity index is 2.43. The number of halogens is 3. The molecule has 0 fully saturated rings. The van der Waals surface area contributed by atoms with E-state index in [9.17, 15) is 0 Å². The van der Waals surface area contributed by atoms with Gasteiger partial charge in [-0.2, -0.15) is 0 Å². The lowest BCUT2D eigenvalue weighted by atomic mass is 10.1. The van der Waals surface area contributed by atoms with E-state index in [4.69, 9.17) is 27.6 Å². The van der Waals surface area contributed by atoms with E-state index < -0.39 is 0 Å². The Kier molecular flexibility index (Phi) is 3.86. The fourth-order valence-electron chi connectivity index (χ4n) is 1.78. The van der Waals surface area contributed by atoms with Crippen LogP contribution in [0, 0.1) is 13.8 Å². The van der Waals surface area contributed by atoms with Crippen LogP contribution in [0.4, 0.5) is 0 Å². The lowest BCUT2D eigenvalue weighted by Gasteiger charge is -2.11. The Morgan fingerprint density at radius 2 is 1.82 bits per heavy atom. The molecule has 2 aromatic rings. The standard InChI is InChI=1S/C13H11BrCl2O/c1-7-5-11(8(2)17-7)13(14)10-4-3-9(15)6-12(10)16/h3-6,13H,1-2H3. The zero-order chi connectivity index (χ0) is 12.6. The van der Waals surface area contributed by atoms with Crippen molar-refractivity contribution in [3.63, 3.8) is 0 Å². The molecular weight excluding hydrogens is 323 g/mol. The Labute approximate surface area is 119 Å². The third-order valence-electron chi connectivity index (χ3n) is 2.59. The highest BCUT2D eigenvalue weighted by Gasteiger charge is 2.18. The molecule has 90 valence electrons. The summed E-state index contributed by atoms with van der Waals surface area (Å²) in [7, 11) is 0. The summed E-state index contributed by atoms with van der Waals surface area (Å²) in [6, 6.07) is 7.51. The first-order chi connectivity index (χ1) is 7.99. The third-order valence-corrected chi connectivity index (χ3v) is 4.14. The highest BCUT2D eigenvalue weighted by Crippen LogP contribution is 2.38. The van der Waals surface area contributed by atoms with Gasteiger partial charge in [-0.3, -0.25) is 0 Å². The smallest absolute Gasteiger partial charge is 0.105 e. The van der Waals surface area contributed by atoms with Crippen LogP contribution in [-0.2, 0) is 0 Å². The van der Waals surface area contributed by atoms with Crippen molar-refractivity contribution in [3.05, 3.63) is 57.0 Å². The van der Waals surface area contributed by atoms with Crippen LogP contribution in [-0.4, -0.2) is 0 Å². The second-order valence-electron chi connectivity index (χ2n) is 3.90. The van der Waals surface area contributed by atoms with Gasteiger partial charge < -0.3 is 4.42 Å². The topological polar surface area (TPSA) is 13.1 Å². The first kappa shape index (κ1) is 13.0. The minimum absolute atomic E-state index is 0.0183. The summed E-state index contributed by atoms with van der Waals surface area (Å²) < 4.78 is 5.52. The van der Waals surface area contributed by atoms with Gasteiger partial charge in [0.05, 0.1) is 4.83 Å². The van der Waals surface area contributed by atoms with Gasteiger partial charge in [-0.15, -0.1) is 0 Å². The van der Waals surface area contributed by atoms with Crippen molar-refractivity contribution in [2.45, 2.75) is 18.7 Å². The van der Waals surface area contributed by atoms with Crippen LogP contribution in [0.15, 0.2) is 28.7 Å². The van der Waals surface area contributed by atoms with Crippen molar-refractivity contribution in [3.8, 4) is 0 Å². The summed E-state index contributed by atoms with van der Waals surface area (Å²) in [6.07, 6.45) is 0. The fraction of sp³-hybridized carbons (Fsp3) is 0.231. The Morgan fingerprint density at radius 3 is 2.35 bits per heavy atom. The molecule has 0 aliphatic carbocycles. The predicted octanol–water partition coefficient (Wildman–Crippen LogP) is 5.69. The molecule has 1 nitrogen and oxygen atoms in total. The largest absolute Gasteiger partial charge is 0.466 e. The number of hydrogen-bond acceptors (Lipinski definition) is 1. The Hall–Kier alpha value is -0.440. The van der Waals surface area contributed by atoms with E-state index >= 15 is 0 Å². The van der Waals surface area contributed by atoms with Crippen molar-refractivity contribution < 1.29 is 4.42 Å². The molecule has 1 aromatic carbocycles. The molecule has 1 aromatic heterocycles. The quantitative estimate of drug-likeness (QED) is 0.643. The van der Waals surface area contributed by atoms with Gasteiger partial charge in [0, 0.05) is 15.6 Å². The van der Waals surface area contributed by atoms with Crippen LogP contribution < -0.4 is 0 Å². The SMILES string of the molecule is Cc1cc(C(Br)c2ccc(Cl)cc2Cl)c(C)o1. The molecule has 0 N–H and O–H groups in total. The molecule has 0 saturated heterocycles. The second-order valence-corrected chi connectivity index (χ2v) is 5.66. The molecule has 2 rings (SSSR count). The van der Waals surface area contributed by atoms with Crippen LogP contribution in [0.25, 0.3) is 0 Å². The summed E-state index contributed by atoms with van der Waals surface area (Å²) >= 11 is 15.7. The molecule has 0 spiro atoms. The predicted molar refractivity (Wildman–Crippen MR) is 75.4 cm³/mol. The average molecular weight is 334 g/mol. The molecule has 0 bridgehead atoms. The average Bonchev–Trinajstić information content (AvgIpc) is 2.57. The number of alkyl halides is 1. The summed E-state index contributed by atoms with van der Waals surface area (Å²) in [6.45, 7) is 3.88. The molecule has 0 aliphatic heterocycles. The van der Waals surface area contributed by atoms with E-state index in [1.54, 1.807) is 6.07 Å². The molecular formula is C13H11BrCl2O. The van der Waals surface area contributed by atoms with Crippen molar-refractivity contribution >= 4 is 39.1 Å². The summed E-state index contributed by atoms with van der Waals surface area (Å²) in [5, 5.41) is 1.29. The number of furan rings is 1. The minimum atomic E-state index is 0.0183. The molecule has 1 heterocycles. The Bertz CT molecular complexity index is 548. The second kappa shape index (κ2) is 5.05.